The quantitative estimate of drug-likeness (QED) is 0.586. The van der Waals surface area contributed by atoms with Crippen LogP contribution in [-0.2, 0) is 4.79 Å². The lowest BCUT2D eigenvalue weighted by Crippen LogP contribution is -2.32. The van der Waals surface area contributed by atoms with Gasteiger partial charge in [-0.25, -0.2) is 0 Å². The predicted octanol–water partition coefficient (Wildman–Crippen LogP) is 1.28. The van der Waals surface area contributed by atoms with Gasteiger partial charge in [0, 0.05) is 17.8 Å². The Morgan fingerprint density at radius 3 is 2.78 bits per heavy atom. The van der Waals surface area contributed by atoms with Crippen LogP contribution < -0.4 is 15.8 Å². The van der Waals surface area contributed by atoms with Crippen LogP contribution in [0.2, 0.25) is 0 Å². The molecule has 18 heavy (non-hydrogen) atoms. The highest BCUT2D eigenvalue weighted by Crippen LogP contribution is 2.30. The Morgan fingerprint density at radius 2 is 2.28 bits per heavy atom. The summed E-state index contributed by atoms with van der Waals surface area (Å²) in [6, 6.07) is 3.73. The molecule has 1 aromatic rings. The first-order valence-corrected chi connectivity index (χ1v) is 5.42. The minimum atomic E-state index is -0.569. The summed E-state index contributed by atoms with van der Waals surface area (Å²) in [6.07, 6.45) is 0. The van der Waals surface area contributed by atoms with Crippen molar-refractivity contribution in [2.24, 2.45) is 5.73 Å². The highest BCUT2D eigenvalue weighted by atomic mass is 16.6. The molecule has 1 aromatic carbocycles. The molecule has 0 radical (unpaired) electrons. The summed E-state index contributed by atoms with van der Waals surface area (Å²) >= 11 is 0. The Morgan fingerprint density at radius 1 is 1.61 bits per heavy atom. The second-order valence-electron chi connectivity index (χ2n) is 3.64. The molecule has 0 saturated carbocycles. The van der Waals surface area contributed by atoms with E-state index in [0.717, 1.165) is 0 Å². The van der Waals surface area contributed by atoms with E-state index in [9.17, 15) is 14.9 Å². The molecule has 3 N–H and O–H groups in total. The summed E-state index contributed by atoms with van der Waals surface area (Å²) in [5, 5.41) is 13.6. The molecule has 0 bridgehead atoms. The van der Waals surface area contributed by atoms with Crippen LogP contribution in [0, 0.1) is 10.1 Å². The summed E-state index contributed by atoms with van der Waals surface area (Å²) in [4.78, 5) is 21.2. The van der Waals surface area contributed by atoms with Crippen LogP contribution in [0.1, 0.15) is 13.8 Å². The van der Waals surface area contributed by atoms with Crippen LogP contribution in [0.25, 0.3) is 0 Å². The number of nitro benzene ring substituents is 1. The van der Waals surface area contributed by atoms with Crippen molar-refractivity contribution in [3.8, 4) is 5.75 Å². The lowest BCUT2D eigenvalue weighted by molar-refractivity contribution is -0.385. The van der Waals surface area contributed by atoms with Crippen molar-refractivity contribution in [3.63, 3.8) is 0 Å². The molecule has 0 aliphatic heterocycles. The van der Waals surface area contributed by atoms with Crippen LogP contribution in [-0.4, -0.2) is 23.5 Å². The molecule has 0 spiro atoms. The van der Waals surface area contributed by atoms with Crippen LogP contribution in [0.3, 0.4) is 0 Å². The topological polar surface area (TPSA) is 107 Å². The van der Waals surface area contributed by atoms with Crippen LogP contribution in [0.5, 0.6) is 5.75 Å². The fourth-order valence-electron chi connectivity index (χ4n) is 1.35. The molecular weight excluding hydrogens is 238 g/mol. The zero-order valence-electron chi connectivity index (χ0n) is 10.2. The first-order valence-electron chi connectivity index (χ1n) is 5.42. The molecule has 1 unspecified atom stereocenters. The average molecular weight is 253 g/mol. The number of carbonyl (C=O) groups is 1. The van der Waals surface area contributed by atoms with Gasteiger partial charge in [-0.15, -0.1) is 0 Å². The number of rotatable bonds is 6. The molecule has 0 fully saturated rings. The van der Waals surface area contributed by atoms with Gasteiger partial charge in [-0.05, 0) is 19.9 Å². The van der Waals surface area contributed by atoms with Gasteiger partial charge in [-0.2, -0.15) is 0 Å². The molecule has 1 amide bonds. The van der Waals surface area contributed by atoms with Gasteiger partial charge in [0.05, 0.1) is 11.5 Å². The minimum absolute atomic E-state index is 0.117. The number of primary amides is 1. The van der Waals surface area contributed by atoms with E-state index in [1.165, 1.54) is 18.2 Å². The normalized spacial score (nSPS) is 11.7. The van der Waals surface area contributed by atoms with Gasteiger partial charge in [0.1, 0.15) is 6.04 Å². The third-order valence-corrected chi connectivity index (χ3v) is 2.27. The summed E-state index contributed by atoms with van der Waals surface area (Å²) in [5.41, 5.74) is 5.54. The molecule has 1 atom stereocenters. The van der Waals surface area contributed by atoms with Crippen molar-refractivity contribution in [2.45, 2.75) is 19.9 Å². The summed E-state index contributed by atoms with van der Waals surface area (Å²) in [7, 11) is 0. The maximum Gasteiger partial charge on any atom is 0.311 e. The van der Waals surface area contributed by atoms with E-state index in [4.69, 9.17) is 10.5 Å². The van der Waals surface area contributed by atoms with E-state index in [-0.39, 0.29) is 11.4 Å². The number of carbonyl (C=O) groups excluding carboxylic acids is 1. The van der Waals surface area contributed by atoms with Crippen molar-refractivity contribution in [1.29, 1.82) is 0 Å². The molecule has 0 heterocycles. The van der Waals surface area contributed by atoms with Gasteiger partial charge in [0.15, 0.2) is 5.75 Å². The number of nitro groups is 1. The number of nitrogens with two attached hydrogens (primary N) is 1. The molecule has 98 valence electrons. The summed E-state index contributed by atoms with van der Waals surface area (Å²) in [5.74, 6) is -0.351. The Balaban J connectivity index is 2.99. The number of nitrogens with zero attached hydrogens (tertiary/aromatic N) is 1. The number of nitrogens with one attached hydrogen (secondary N) is 1. The van der Waals surface area contributed by atoms with Gasteiger partial charge in [0.25, 0.3) is 0 Å². The molecule has 0 saturated heterocycles. The molecule has 7 heteroatoms. The average Bonchev–Trinajstić information content (AvgIpc) is 2.29. The van der Waals surface area contributed by atoms with E-state index >= 15 is 0 Å². The predicted molar refractivity (Wildman–Crippen MR) is 66.5 cm³/mol. The van der Waals surface area contributed by atoms with Crippen molar-refractivity contribution >= 4 is 17.3 Å². The highest BCUT2D eigenvalue weighted by Gasteiger charge is 2.16. The number of hydrogen-bond acceptors (Lipinski definition) is 5. The van der Waals surface area contributed by atoms with Crippen molar-refractivity contribution in [3.05, 3.63) is 28.3 Å². The molecule has 0 aliphatic carbocycles. The zero-order chi connectivity index (χ0) is 13.7. The first kappa shape index (κ1) is 13.8. The molecule has 7 nitrogen and oxygen atoms in total. The maximum atomic E-state index is 10.9. The lowest BCUT2D eigenvalue weighted by atomic mass is 10.2. The van der Waals surface area contributed by atoms with Crippen LogP contribution in [0.15, 0.2) is 18.2 Å². The SMILES string of the molecule is CCOc1cc(NC(C)C(N)=O)ccc1[N+](=O)[O-]. The Labute approximate surface area is 104 Å². The Kier molecular flexibility index (Phi) is 4.47. The van der Waals surface area contributed by atoms with Crippen LogP contribution >= 0.6 is 0 Å². The largest absolute Gasteiger partial charge is 0.487 e. The number of benzene rings is 1. The standard InChI is InChI=1S/C11H15N3O4/c1-3-18-10-6-8(13-7(2)11(12)15)4-5-9(10)14(16)17/h4-7,13H,3H2,1-2H3,(H2,12,15). The maximum absolute atomic E-state index is 10.9. The Bertz CT molecular complexity index is 462. The van der Waals surface area contributed by atoms with Gasteiger partial charge < -0.3 is 15.8 Å². The summed E-state index contributed by atoms with van der Waals surface area (Å²) in [6.45, 7) is 3.65. The second-order valence-corrected chi connectivity index (χ2v) is 3.64. The molecule has 0 aliphatic rings. The number of anilines is 1. The molecule has 0 aromatic heterocycles. The first-order chi connectivity index (χ1) is 8.45. The monoisotopic (exact) mass is 253 g/mol. The smallest absolute Gasteiger partial charge is 0.311 e. The van der Waals surface area contributed by atoms with Crippen molar-refractivity contribution in [1.82, 2.24) is 0 Å². The third kappa shape index (κ3) is 3.34. The number of ether oxygens (including phenoxy) is 1. The second kappa shape index (κ2) is 5.85. The van der Waals surface area contributed by atoms with E-state index in [2.05, 4.69) is 5.32 Å². The van der Waals surface area contributed by atoms with E-state index in [1.807, 2.05) is 0 Å². The summed E-state index contributed by atoms with van der Waals surface area (Å²) < 4.78 is 5.18. The fourth-order valence-corrected chi connectivity index (χ4v) is 1.35. The van der Waals surface area contributed by atoms with E-state index in [1.54, 1.807) is 13.8 Å². The minimum Gasteiger partial charge on any atom is -0.487 e. The third-order valence-electron chi connectivity index (χ3n) is 2.27. The lowest BCUT2D eigenvalue weighted by Gasteiger charge is -2.12. The number of hydrogen-bond donors (Lipinski definition) is 2. The van der Waals surface area contributed by atoms with Gasteiger partial charge in [0.2, 0.25) is 5.91 Å². The fraction of sp³-hybridized carbons (Fsp3) is 0.364. The van der Waals surface area contributed by atoms with Crippen molar-refractivity contribution in [2.75, 3.05) is 11.9 Å². The van der Waals surface area contributed by atoms with E-state index < -0.39 is 16.9 Å². The Hall–Kier alpha value is -2.31. The highest BCUT2D eigenvalue weighted by molar-refractivity contribution is 5.82. The molecule has 1 rings (SSSR count). The van der Waals surface area contributed by atoms with E-state index in [0.29, 0.717) is 12.3 Å². The van der Waals surface area contributed by atoms with Gasteiger partial charge in [-0.3, -0.25) is 14.9 Å². The van der Waals surface area contributed by atoms with Crippen LogP contribution in [0.4, 0.5) is 11.4 Å². The number of amides is 1. The van der Waals surface area contributed by atoms with Gasteiger partial charge in [-0.1, -0.05) is 0 Å². The zero-order valence-corrected chi connectivity index (χ0v) is 10.2. The molecular formula is C11H15N3O4. The van der Waals surface area contributed by atoms with Gasteiger partial charge >= 0.3 is 5.69 Å². The van der Waals surface area contributed by atoms with Crippen molar-refractivity contribution < 1.29 is 14.5 Å².